The van der Waals surface area contributed by atoms with Crippen LogP contribution in [0.2, 0.25) is 0 Å². The molecule has 2 N–H and O–H groups in total. The summed E-state index contributed by atoms with van der Waals surface area (Å²) in [6.07, 6.45) is 1.29. The Hall–Kier alpha value is -1.42. The number of hydrogen-bond acceptors (Lipinski definition) is 5. The zero-order chi connectivity index (χ0) is 19.6. The highest BCUT2D eigenvalue weighted by Gasteiger charge is 2.34. The molecule has 1 fully saturated rings. The fourth-order valence-corrected chi connectivity index (χ4v) is 6.84. The molecule has 0 saturated carbocycles. The fourth-order valence-electron chi connectivity index (χ4n) is 3.15. The predicted molar refractivity (Wildman–Crippen MR) is 108 cm³/mol. The van der Waals surface area contributed by atoms with E-state index in [-0.39, 0.29) is 28.5 Å². The van der Waals surface area contributed by atoms with Crippen molar-refractivity contribution in [2.75, 3.05) is 13.1 Å². The summed E-state index contributed by atoms with van der Waals surface area (Å²) < 4.78 is 28.1. The Bertz CT molecular complexity index is 929. The van der Waals surface area contributed by atoms with E-state index in [4.69, 9.17) is 0 Å². The number of thiophene rings is 1. The van der Waals surface area contributed by atoms with Gasteiger partial charge in [-0.15, -0.1) is 11.3 Å². The third kappa shape index (κ3) is 4.71. The summed E-state index contributed by atoms with van der Waals surface area (Å²) in [5.74, 6) is -0.416. The lowest BCUT2D eigenvalue weighted by molar-refractivity contribution is -0.126. The number of hydrogen-bond donors (Lipinski definition) is 2. The molecule has 2 aromatic rings. The van der Waals surface area contributed by atoms with Crippen molar-refractivity contribution >= 4 is 43.2 Å². The highest BCUT2D eigenvalue weighted by atomic mass is 79.9. The van der Waals surface area contributed by atoms with Crippen LogP contribution < -0.4 is 5.32 Å². The monoisotopic (exact) mass is 472 g/mol. The van der Waals surface area contributed by atoms with E-state index >= 15 is 0 Å². The molecule has 3 rings (SSSR count). The maximum atomic E-state index is 12.8. The van der Waals surface area contributed by atoms with E-state index in [9.17, 15) is 18.3 Å². The summed E-state index contributed by atoms with van der Waals surface area (Å²) in [6, 6.07) is 9.76. The Morgan fingerprint density at radius 3 is 2.81 bits per heavy atom. The second-order valence-corrected chi connectivity index (χ2v) is 11.2. The second kappa shape index (κ2) is 8.30. The van der Waals surface area contributed by atoms with Gasteiger partial charge in [0.05, 0.1) is 15.7 Å². The highest BCUT2D eigenvalue weighted by molar-refractivity contribution is 9.11. The topological polar surface area (TPSA) is 86.7 Å². The van der Waals surface area contributed by atoms with E-state index in [0.717, 1.165) is 9.35 Å². The van der Waals surface area contributed by atoms with Gasteiger partial charge in [-0.2, -0.15) is 4.31 Å². The number of rotatable bonds is 5. The second-order valence-electron chi connectivity index (χ2n) is 6.59. The molecule has 2 unspecified atom stereocenters. The lowest BCUT2D eigenvalue weighted by atomic mass is 9.98. The van der Waals surface area contributed by atoms with Gasteiger partial charge in [0.2, 0.25) is 5.91 Å². The Balaban J connectivity index is 1.67. The number of amides is 1. The van der Waals surface area contributed by atoms with Crippen molar-refractivity contribution in [1.29, 1.82) is 0 Å². The number of carbonyl (C=O) groups excluding carboxylic acids is 1. The molecule has 0 aliphatic carbocycles. The molecule has 1 aromatic carbocycles. The summed E-state index contributed by atoms with van der Waals surface area (Å²) in [6.45, 7) is 2.44. The van der Waals surface area contributed by atoms with Gasteiger partial charge in [0, 0.05) is 13.1 Å². The number of aromatic hydroxyl groups is 1. The quantitative estimate of drug-likeness (QED) is 0.696. The van der Waals surface area contributed by atoms with Gasteiger partial charge in [-0.1, -0.05) is 12.1 Å². The molecule has 0 bridgehead atoms. The van der Waals surface area contributed by atoms with E-state index in [1.54, 1.807) is 30.3 Å². The van der Waals surface area contributed by atoms with E-state index in [0.29, 0.717) is 19.4 Å². The van der Waals surface area contributed by atoms with E-state index in [2.05, 4.69) is 21.2 Å². The Kier molecular flexibility index (Phi) is 6.25. The maximum Gasteiger partial charge on any atom is 0.252 e. The van der Waals surface area contributed by atoms with Crippen molar-refractivity contribution in [3.05, 3.63) is 45.7 Å². The number of phenols is 1. The van der Waals surface area contributed by atoms with Gasteiger partial charge in [0.1, 0.15) is 9.96 Å². The van der Waals surface area contributed by atoms with E-state index in [1.807, 2.05) is 13.0 Å². The first-order valence-corrected chi connectivity index (χ1v) is 11.7. The Labute approximate surface area is 171 Å². The van der Waals surface area contributed by atoms with Crippen LogP contribution in [-0.4, -0.2) is 36.8 Å². The van der Waals surface area contributed by atoms with Crippen molar-refractivity contribution in [1.82, 2.24) is 9.62 Å². The molecule has 1 saturated heterocycles. The molecule has 1 aromatic heterocycles. The molecule has 0 spiro atoms. The van der Waals surface area contributed by atoms with Crippen molar-refractivity contribution in [3.63, 3.8) is 0 Å². The number of phenolic OH excluding ortho intramolecular Hbond substituents is 1. The van der Waals surface area contributed by atoms with Crippen LogP contribution in [0.15, 0.2) is 44.4 Å². The molecule has 6 nitrogen and oxygen atoms in total. The molecule has 2 heterocycles. The van der Waals surface area contributed by atoms with Gasteiger partial charge in [-0.25, -0.2) is 8.42 Å². The summed E-state index contributed by atoms with van der Waals surface area (Å²) >= 11 is 4.46. The van der Waals surface area contributed by atoms with Crippen molar-refractivity contribution in [2.45, 2.75) is 30.0 Å². The van der Waals surface area contributed by atoms with E-state index in [1.165, 1.54) is 15.6 Å². The third-order valence-corrected chi connectivity index (χ3v) is 8.58. The fraction of sp³-hybridized carbons (Fsp3) is 0.389. The summed E-state index contributed by atoms with van der Waals surface area (Å²) in [4.78, 5) is 12.7. The van der Waals surface area contributed by atoms with Crippen LogP contribution in [-0.2, 0) is 14.8 Å². The van der Waals surface area contributed by atoms with Gasteiger partial charge in [-0.3, -0.25) is 4.79 Å². The average Bonchev–Trinajstić information content (AvgIpc) is 3.09. The average molecular weight is 473 g/mol. The summed E-state index contributed by atoms with van der Waals surface area (Å²) in [7, 11) is -3.59. The maximum absolute atomic E-state index is 12.8. The number of nitrogens with zero attached hydrogens (tertiary/aromatic N) is 1. The van der Waals surface area contributed by atoms with Crippen LogP contribution in [0.1, 0.15) is 31.4 Å². The van der Waals surface area contributed by atoms with Gasteiger partial charge in [-0.05, 0) is 65.5 Å². The molecule has 1 amide bonds. The first-order chi connectivity index (χ1) is 12.8. The smallest absolute Gasteiger partial charge is 0.252 e. The van der Waals surface area contributed by atoms with Crippen molar-refractivity contribution in [2.24, 2.45) is 5.92 Å². The van der Waals surface area contributed by atoms with Crippen molar-refractivity contribution in [3.8, 4) is 5.75 Å². The van der Waals surface area contributed by atoms with Gasteiger partial charge < -0.3 is 10.4 Å². The molecular weight excluding hydrogens is 452 g/mol. The molecular formula is C18H21BrN2O4S2. The lowest BCUT2D eigenvalue weighted by Crippen LogP contribution is -2.45. The zero-order valence-corrected chi connectivity index (χ0v) is 18.0. The van der Waals surface area contributed by atoms with Crippen LogP contribution in [0.5, 0.6) is 5.75 Å². The van der Waals surface area contributed by atoms with Crippen LogP contribution in [0.4, 0.5) is 0 Å². The van der Waals surface area contributed by atoms with Crippen LogP contribution in [0.3, 0.4) is 0 Å². The van der Waals surface area contributed by atoms with E-state index < -0.39 is 15.9 Å². The molecule has 9 heteroatoms. The number of nitrogens with one attached hydrogen (secondary N) is 1. The minimum absolute atomic E-state index is 0.144. The van der Waals surface area contributed by atoms with Gasteiger partial charge in [0.15, 0.2) is 0 Å². The molecule has 1 aliphatic heterocycles. The minimum Gasteiger partial charge on any atom is -0.508 e. The number of carbonyl (C=O) groups is 1. The molecule has 0 radical (unpaired) electrons. The molecule has 2 atom stereocenters. The first-order valence-electron chi connectivity index (χ1n) is 8.62. The zero-order valence-electron chi connectivity index (χ0n) is 14.8. The molecule has 1 aliphatic rings. The SMILES string of the molecule is CC(NC(=O)C1CCCN(S(=O)(=O)c2ccc(Br)s2)C1)c1cccc(O)c1. The standard InChI is InChI=1S/C18H21BrN2O4S2/c1-12(13-4-2-6-15(22)10-13)20-18(23)14-5-3-9-21(11-14)27(24,25)17-8-7-16(19)26-17/h2,4,6-8,10,12,14,22H,3,5,9,11H2,1H3,(H,20,23). The number of piperidine rings is 1. The number of sulfonamides is 1. The summed E-state index contributed by atoms with van der Waals surface area (Å²) in [5.41, 5.74) is 0.798. The predicted octanol–water partition coefficient (Wildman–Crippen LogP) is 3.49. The number of benzene rings is 1. The number of halogens is 1. The molecule has 146 valence electrons. The van der Waals surface area contributed by atoms with Gasteiger partial charge >= 0.3 is 0 Å². The Morgan fingerprint density at radius 2 is 2.15 bits per heavy atom. The lowest BCUT2D eigenvalue weighted by Gasteiger charge is -2.31. The minimum atomic E-state index is -3.59. The van der Waals surface area contributed by atoms with Gasteiger partial charge in [0.25, 0.3) is 10.0 Å². The Morgan fingerprint density at radius 1 is 1.37 bits per heavy atom. The van der Waals surface area contributed by atoms with Crippen molar-refractivity contribution < 1.29 is 18.3 Å². The largest absolute Gasteiger partial charge is 0.508 e. The van der Waals surface area contributed by atoms with Crippen LogP contribution in [0, 0.1) is 5.92 Å². The van der Waals surface area contributed by atoms with Crippen LogP contribution >= 0.6 is 27.3 Å². The summed E-state index contributed by atoms with van der Waals surface area (Å²) in [5, 5.41) is 12.5. The highest BCUT2D eigenvalue weighted by Crippen LogP contribution is 2.31. The normalized spacial score (nSPS) is 19.6. The third-order valence-electron chi connectivity index (χ3n) is 4.63. The van der Waals surface area contributed by atoms with Crippen LogP contribution in [0.25, 0.3) is 0 Å². The first kappa shape index (κ1) is 20.3. The molecule has 27 heavy (non-hydrogen) atoms.